The van der Waals surface area contributed by atoms with Crippen molar-refractivity contribution in [3.8, 4) is 0 Å². The Morgan fingerprint density at radius 2 is 1.61 bits per heavy atom. The second-order valence-corrected chi connectivity index (χ2v) is 7.24. The second-order valence-electron chi connectivity index (χ2n) is 6.40. The van der Waals surface area contributed by atoms with Crippen LogP contribution in [0.3, 0.4) is 0 Å². The molecule has 7 heteroatoms. The fourth-order valence-electron chi connectivity index (χ4n) is 2.74. The van der Waals surface area contributed by atoms with Crippen molar-refractivity contribution in [2.45, 2.75) is 26.7 Å². The third-order valence-corrected chi connectivity index (χ3v) is 4.61. The van der Waals surface area contributed by atoms with Gasteiger partial charge in [0.2, 0.25) is 5.91 Å². The van der Waals surface area contributed by atoms with Crippen molar-refractivity contribution in [2.24, 2.45) is 0 Å². The maximum Gasteiger partial charge on any atom is 0.253 e. The number of carbonyl (C=O) groups is 2. The first-order valence-corrected chi connectivity index (χ1v) is 10.1. The lowest BCUT2D eigenvalue weighted by atomic mass is 10.1. The molecule has 2 N–H and O–H groups in total. The van der Waals surface area contributed by atoms with Gasteiger partial charge in [0, 0.05) is 29.4 Å². The minimum Gasteiger partial charge on any atom is -0.376 e. The normalized spacial score (nSPS) is 10.4. The summed E-state index contributed by atoms with van der Waals surface area (Å²) in [6.07, 6.45) is 1.86. The van der Waals surface area contributed by atoms with E-state index in [1.54, 1.807) is 42.5 Å². The standard InChI is InChI=1S/C21H25Cl2N3O2/c1-3-11-26(12-4-2)21(28)15-5-8-17(9-6-15)24-14-20(27)25-19-10-7-16(22)13-18(19)23/h5-10,13,24H,3-4,11-12,14H2,1-2H3,(H,25,27). The molecule has 0 aliphatic carbocycles. The molecular weight excluding hydrogens is 397 g/mol. The highest BCUT2D eigenvalue weighted by Gasteiger charge is 2.14. The largest absolute Gasteiger partial charge is 0.376 e. The number of nitrogens with one attached hydrogen (secondary N) is 2. The van der Waals surface area contributed by atoms with Gasteiger partial charge in [-0.1, -0.05) is 37.0 Å². The molecule has 0 unspecified atom stereocenters. The minimum atomic E-state index is -0.235. The van der Waals surface area contributed by atoms with E-state index < -0.39 is 0 Å². The Hall–Kier alpha value is -2.24. The van der Waals surface area contributed by atoms with Crippen molar-refractivity contribution in [2.75, 3.05) is 30.3 Å². The van der Waals surface area contributed by atoms with Crippen LogP contribution < -0.4 is 10.6 Å². The monoisotopic (exact) mass is 421 g/mol. The first-order chi connectivity index (χ1) is 13.4. The summed E-state index contributed by atoms with van der Waals surface area (Å²) in [6.45, 7) is 5.70. The van der Waals surface area contributed by atoms with Gasteiger partial charge in [0.15, 0.2) is 0 Å². The van der Waals surface area contributed by atoms with Gasteiger partial charge >= 0.3 is 0 Å². The number of benzene rings is 2. The topological polar surface area (TPSA) is 61.4 Å². The Balaban J connectivity index is 1.91. The smallest absolute Gasteiger partial charge is 0.253 e. The van der Waals surface area contributed by atoms with Crippen molar-refractivity contribution in [1.82, 2.24) is 4.90 Å². The summed E-state index contributed by atoms with van der Waals surface area (Å²) in [6, 6.07) is 12.0. The zero-order valence-electron chi connectivity index (χ0n) is 16.1. The Bertz CT molecular complexity index is 804. The van der Waals surface area contributed by atoms with Gasteiger partial charge in [-0.3, -0.25) is 9.59 Å². The van der Waals surface area contributed by atoms with E-state index in [4.69, 9.17) is 23.2 Å². The summed E-state index contributed by atoms with van der Waals surface area (Å²) in [5.41, 5.74) is 1.90. The highest BCUT2D eigenvalue weighted by Crippen LogP contribution is 2.25. The van der Waals surface area contributed by atoms with Crippen LogP contribution in [-0.2, 0) is 4.79 Å². The lowest BCUT2D eigenvalue weighted by Crippen LogP contribution is -2.32. The van der Waals surface area contributed by atoms with Gasteiger partial charge in [-0.2, -0.15) is 0 Å². The summed E-state index contributed by atoms with van der Waals surface area (Å²) in [5.74, 6) is -0.202. The van der Waals surface area contributed by atoms with Crippen LogP contribution in [0.5, 0.6) is 0 Å². The molecule has 0 saturated heterocycles. The second kappa shape index (κ2) is 10.9. The molecule has 150 valence electrons. The maximum absolute atomic E-state index is 12.6. The minimum absolute atomic E-state index is 0.0328. The Morgan fingerprint density at radius 1 is 0.964 bits per heavy atom. The zero-order valence-corrected chi connectivity index (χ0v) is 17.6. The van der Waals surface area contributed by atoms with Crippen molar-refractivity contribution in [3.05, 3.63) is 58.1 Å². The molecule has 0 heterocycles. The van der Waals surface area contributed by atoms with E-state index in [0.717, 1.165) is 31.6 Å². The number of carbonyl (C=O) groups excluding carboxylic acids is 2. The first kappa shape index (κ1) is 22.1. The molecule has 0 bridgehead atoms. The van der Waals surface area contributed by atoms with E-state index in [1.165, 1.54) is 0 Å². The van der Waals surface area contributed by atoms with Gasteiger partial charge < -0.3 is 15.5 Å². The quantitative estimate of drug-likeness (QED) is 0.576. The van der Waals surface area contributed by atoms with Crippen molar-refractivity contribution >= 4 is 46.4 Å². The van der Waals surface area contributed by atoms with Gasteiger partial charge in [0.25, 0.3) is 5.91 Å². The molecule has 0 atom stereocenters. The highest BCUT2D eigenvalue weighted by molar-refractivity contribution is 6.36. The van der Waals surface area contributed by atoms with Gasteiger partial charge in [-0.25, -0.2) is 0 Å². The Labute approximate surface area is 176 Å². The predicted molar refractivity (Wildman–Crippen MR) is 117 cm³/mol. The molecule has 5 nitrogen and oxygen atoms in total. The Morgan fingerprint density at radius 3 is 2.18 bits per heavy atom. The average Bonchev–Trinajstić information content (AvgIpc) is 2.68. The number of hydrogen-bond acceptors (Lipinski definition) is 3. The summed E-state index contributed by atoms with van der Waals surface area (Å²) >= 11 is 11.9. The molecule has 0 aliphatic rings. The van der Waals surface area contributed by atoms with Crippen LogP contribution >= 0.6 is 23.2 Å². The van der Waals surface area contributed by atoms with Gasteiger partial charge in [-0.05, 0) is 55.3 Å². The molecule has 28 heavy (non-hydrogen) atoms. The van der Waals surface area contributed by atoms with E-state index in [-0.39, 0.29) is 18.4 Å². The number of anilines is 2. The van der Waals surface area contributed by atoms with Crippen molar-refractivity contribution in [3.63, 3.8) is 0 Å². The lowest BCUT2D eigenvalue weighted by Gasteiger charge is -2.21. The lowest BCUT2D eigenvalue weighted by molar-refractivity contribution is -0.114. The molecule has 0 aromatic heterocycles. The molecule has 2 rings (SSSR count). The van der Waals surface area contributed by atoms with Crippen LogP contribution in [0.15, 0.2) is 42.5 Å². The number of rotatable bonds is 9. The van der Waals surface area contributed by atoms with E-state index >= 15 is 0 Å². The average molecular weight is 422 g/mol. The first-order valence-electron chi connectivity index (χ1n) is 9.32. The van der Waals surface area contributed by atoms with Crippen molar-refractivity contribution < 1.29 is 9.59 Å². The van der Waals surface area contributed by atoms with Crippen LogP contribution in [0, 0.1) is 0 Å². The summed E-state index contributed by atoms with van der Waals surface area (Å²) < 4.78 is 0. The van der Waals surface area contributed by atoms with Gasteiger partial charge in [-0.15, -0.1) is 0 Å². The molecule has 0 radical (unpaired) electrons. The number of amides is 2. The summed E-state index contributed by atoms with van der Waals surface area (Å²) in [5, 5.41) is 6.65. The number of hydrogen-bond donors (Lipinski definition) is 2. The zero-order chi connectivity index (χ0) is 20.5. The van der Waals surface area contributed by atoms with Gasteiger partial charge in [0.05, 0.1) is 17.3 Å². The fraction of sp³-hybridized carbons (Fsp3) is 0.333. The molecule has 0 saturated carbocycles. The summed E-state index contributed by atoms with van der Waals surface area (Å²) in [4.78, 5) is 26.6. The molecular formula is C21H25Cl2N3O2. The maximum atomic E-state index is 12.6. The summed E-state index contributed by atoms with van der Waals surface area (Å²) in [7, 11) is 0. The third-order valence-electron chi connectivity index (χ3n) is 4.06. The van der Waals surface area contributed by atoms with E-state index in [9.17, 15) is 9.59 Å². The predicted octanol–water partition coefficient (Wildman–Crippen LogP) is 5.31. The Kier molecular flexibility index (Phi) is 8.61. The number of nitrogens with zero attached hydrogens (tertiary/aromatic N) is 1. The molecule has 0 fully saturated rings. The van der Waals surface area contributed by atoms with Crippen molar-refractivity contribution in [1.29, 1.82) is 0 Å². The molecule has 2 aromatic carbocycles. The molecule has 2 aromatic rings. The SMILES string of the molecule is CCCN(CCC)C(=O)c1ccc(NCC(=O)Nc2ccc(Cl)cc2Cl)cc1. The number of halogens is 2. The van der Waals surface area contributed by atoms with Crippen LogP contribution in [-0.4, -0.2) is 36.3 Å². The molecule has 0 spiro atoms. The van der Waals surface area contributed by atoms with E-state index in [1.807, 2.05) is 4.90 Å². The van der Waals surface area contributed by atoms with Crippen LogP contribution in [0.4, 0.5) is 11.4 Å². The van der Waals surface area contributed by atoms with Crippen LogP contribution in [0.1, 0.15) is 37.0 Å². The van der Waals surface area contributed by atoms with Gasteiger partial charge in [0.1, 0.15) is 0 Å². The molecule has 2 amide bonds. The fourth-order valence-corrected chi connectivity index (χ4v) is 3.19. The molecule has 0 aliphatic heterocycles. The highest BCUT2D eigenvalue weighted by atomic mass is 35.5. The van der Waals surface area contributed by atoms with E-state index in [2.05, 4.69) is 24.5 Å². The van der Waals surface area contributed by atoms with E-state index in [0.29, 0.717) is 21.3 Å². The van der Waals surface area contributed by atoms with Crippen LogP contribution in [0.25, 0.3) is 0 Å². The van der Waals surface area contributed by atoms with Crippen LogP contribution in [0.2, 0.25) is 10.0 Å². The third kappa shape index (κ3) is 6.43.